The van der Waals surface area contributed by atoms with Gasteiger partial charge in [0.1, 0.15) is 5.67 Å². The van der Waals surface area contributed by atoms with E-state index in [1.807, 2.05) is 18.2 Å². The zero-order chi connectivity index (χ0) is 19.3. The van der Waals surface area contributed by atoms with Crippen LogP contribution in [0.2, 0.25) is 10.0 Å². The Hall–Kier alpha value is -1.69. The molecule has 7 heteroatoms. The first-order valence-electron chi connectivity index (χ1n) is 9.01. The third-order valence-electron chi connectivity index (χ3n) is 4.84. The van der Waals surface area contributed by atoms with E-state index < -0.39 is 5.67 Å². The third kappa shape index (κ3) is 5.41. The van der Waals surface area contributed by atoms with Crippen molar-refractivity contribution in [3.05, 3.63) is 63.9 Å². The number of rotatable bonds is 6. The Kier molecular flexibility index (Phi) is 6.68. The van der Waals surface area contributed by atoms with Gasteiger partial charge in [-0.2, -0.15) is 0 Å². The lowest BCUT2D eigenvalue weighted by Gasteiger charge is -2.36. The molecule has 1 aromatic heterocycles. The fourth-order valence-corrected chi connectivity index (χ4v) is 3.47. The summed E-state index contributed by atoms with van der Waals surface area (Å²) in [6.07, 6.45) is 3.15. The molecular formula is C20H22Cl2FN3O. The van der Waals surface area contributed by atoms with E-state index in [0.29, 0.717) is 48.1 Å². The fourth-order valence-electron chi connectivity index (χ4n) is 3.17. The number of pyridine rings is 1. The van der Waals surface area contributed by atoms with Gasteiger partial charge in [0.05, 0.1) is 10.0 Å². The number of alkyl halides is 1. The maximum absolute atomic E-state index is 15.0. The number of nitrogens with one attached hydrogen (secondary N) is 1. The van der Waals surface area contributed by atoms with Crippen LogP contribution >= 0.6 is 23.2 Å². The summed E-state index contributed by atoms with van der Waals surface area (Å²) in [6, 6.07) is 10.6. The van der Waals surface area contributed by atoms with E-state index in [-0.39, 0.29) is 12.5 Å². The van der Waals surface area contributed by atoms with Gasteiger partial charge in [0, 0.05) is 62.9 Å². The second kappa shape index (κ2) is 9.00. The molecule has 0 saturated carbocycles. The lowest BCUT2D eigenvalue weighted by atomic mass is 9.92. The van der Waals surface area contributed by atoms with Gasteiger partial charge in [-0.15, -0.1) is 0 Å². The molecule has 2 heterocycles. The zero-order valence-electron chi connectivity index (χ0n) is 14.9. The Balaban J connectivity index is 1.45. The monoisotopic (exact) mass is 409 g/mol. The summed E-state index contributed by atoms with van der Waals surface area (Å²) in [5.74, 6) is -0.140. The zero-order valence-corrected chi connectivity index (χ0v) is 16.4. The summed E-state index contributed by atoms with van der Waals surface area (Å²) in [4.78, 5) is 18.5. The molecular weight excluding hydrogens is 388 g/mol. The molecule has 4 nitrogen and oxygen atoms in total. The minimum atomic E-state index is -1.29. The first-order chi connectivity index (χ1) is 13.0. The highest BCUT2D eigenvalue weighted by molar-refractivity contribution is 6.42. The van der Waals surface area contributed by atoms with Gasteiger partial charge >= 0.3 is 0 Å². The van der Waals surface area contributed by atoms with Crippen LogP contribution in [-0.2, 0) is 6.42 Å². The highest BCUT2D eigenvalue weighted by Crippen LogP contribution is 2.28. The SMILES string of the molecule is O=C(c1ccc(Cl)c(Cl)c1)N1CCC(F)(CNCCc2ccccn2)CC1. The molecule has 1 N–H and O–H groups in total. The molecule has 0 atom stereocenters. The first kappa shape index (κ1) is 20.1. The average Bonchev–Trinajstić information content (AvgIpc) is 2.68. The molecule has 1 saturated heterocycles. The third-order valence-corrected chi connectivity index (χ3v) is 5.58. The molecule has 1 amide bonds. The van der Waals surface area contributed by atoms with E-state index in [0.717, 1.165) is 12.1 Å². The summed E-state index contributed by atoms with van der Waals surface area (Å²) in [6.45, 7) is 1.73. The molecule has 1 aromatic carbocycles. The quantitative estimate of drug-likeness (QED) is 0.728. The van der Waals surface area contributed by atoms with E-state index in [1.54, 1.807) is 29.3 Å². The smallest absolute Gasteiger partial charge is 0.253 e. The van der Waals surface area contributed by atoms with Crippen molar-refractivity contribution in [2.24, 2.45) is 0 Å². The molecule has 144 valence electrons. The number of piperidine rings is 1. The minimum absolute atomic E-state index is 0.140. The summed E-state index contributed by atoms with van der Waals surface area (Å²) in [5.41, 5.74) is 0.169. The van der Waals surface area contributed by atoms with Crippen molar-refractivity contribution in [3.63, 3.8) is 0 Å². The van der Waals surface area contributed by atoms with Crippen LogP contribution in [0.5, 0.6) is 0 Å². The normalized spacial score (nSPS) is 16.3. The topological polar surface area (TPSA) is 45.2 Å². The Morgan fingerprint density at radius 3 is 2.63 bits per heavy atom. The van der Waals surface area contributed by atoms with Crippen LogP contribution in [0.25, 0.3) is 0 Å². The van der Waals surface area contributed by atoms with Crippen LogP contribution < -0.4 is 5.32 Å². The van der Waals surface area contributed by atoms with Crippen LogP contribution in [0.1, 0.15) is 28.9 Å². The highest BCUT2D eigenvalue weighted by atomic mass is 35.5. The molecule has 0 aliphatic carbocycles. The number of halogens is 3. The largest absolute Gasteiger partial charge is 0.338 e. The minimum Gasteiger partial charge on any atom is -0.338 e. The van der Waals surface area contributed by atoms with Crippen LogP contribution in [0.4, 0.5) is 4.39 Å². The molecule has 0 unspecified atom stereocenters. The number of hydrogen-bond acceptors (Lipinski definition) is 3. The van der Waals surface area contributed by atoms with Crippen molar-refractivity contribution in [2.75, 3.05) is 26.2 Å². The predicted octanol–water partition coefficient (Wildman–Crippen LogP) is 4.17. The predicted molar refractivity (Wildman–Crippen MR) is 106 cm³/mol. The van der Waals surface area contributed by atoms with Crippen molar-refractivity contribution < 1.29 is 9.18 Å². The van der Waals surface area contributed by atoms with Gasteiger partial charge in [-0.3, -0.25) is 9.78 Å². The number of hydrogen-bond donors (Lipinski definition) is 1. The van der Waals surface area contributed by atoms with Crippen molar-refractivity contribution in [1.82, 2.24) is 15.2 Å². The molecule has 1 aliphatic heterocycles. The number of benzene rings is 1. The molecule has 2 aromatic rings. The first-order valence-corrected chi connectivity index (χ1v) is 9.76. The molecule has 0 spiro atoms. The Bertz CT molecular complexity index is 780. The van der Waals surface area contributed by atoms with Crippen molar-refractivity contribution >= 4 is 29.1 Å². The van der Waals surface area contributed by atoms with Crippen molar-refractivity contribution in [3.8, 4) is 0 Å². The number of carbonyl (C=O) groups excluding carboxylic acids is 1. The van der Waals surface area contributed by atoms with E-state index in [1.165, 1.54) is 0 Å². The number of likely N-dealkylation sites (tertiary alicyclic amines) is 1. The number of nitrogens with zero attached hydrogens (tertiary/aromatic N) is 2. The molecule has 0 bridgehead atoms. The lowest BCUT2D eigenvalue weighted by Crippen LogP contribution is -2.49. The van der Waals surface area contributed by atoms with Crippen molar-refractivity contribution in [2.45, 2.75) is 24.9 Å². The van der Waals surface area contributed by atoms with E-state index in [4.69, 9.17) is 23.2 Å². The number of carbonyl (C=O) groups is 1. The molecule has 27 heavy (non-hydrogen) atoms. The van der Waals surface area contributed by atoms with Crippen LogP contribution in [0.15, 0.2) is 42.6 Å². The summed E-state index contributed by atoms with van der Waals surface area (Å²) in [5, 5.41) is 3.94. The molecule has 1 aliphatic rings. The summed E-state index contributed by atoms with van der Waals surface area (Å²) >= 11 is 11.9. The second-order valence-electron chi connectivity index (χ2n) is 6.82. The maximum Gasteiger partial charge on any atom is 0.253 e. The Morgan fingerprint density at radius 2 is 1.96 bits per heavy atom. The van der Waals surface area contributed by atoms with Gasteiger partial charge in [-0.25, -0.2) is 4.39 Å². The van der Waals surface area contributed by atoms with Crippen LogP contribution in [0, 0.1) is 0 Å². The molecule has 3 rings (SSSR count). The van der Waals surface area contributed by atoms with Crippen LogP contribution in [0.3, 0.4) is 0 Å². The van der Waals surface area contributed by atoms with Gasteiger partial charge < -0.3 is 10.2 Å². The van der Waals surface area contributed by atoms with E-state index in [2.05, 4.69) is 10.3 Å². The van der Waals surface area contributed by atoms with E-state index >= 15 is 0 Å². The van der Waals surface area contributed by atoms with Gasteiger partial charge in [0.25, 0.3) is 5.91 Å². The summed E-state index contributed by atoms with van der Waals surface area (Å²) < 4.78 is 15.0. The fraction of sp³-hybridized carbons (Fsp3) is 0.400. The van der Waals surface area contributed by atoms with Crippen molar-refractivity contribution in [1.29, 1.82) is 0 Å². The van der Waals surface area contributed by atoms with Crippen LogP contribution in [-0.4, -0.2) is 47.6 Å². The average molecular weight is 410 g/mol. The second-order valence-corrected chi connectivity index (χ2v) is 7.63. The number of aromatic nitrogens is 1. The van der Waals surface area contributed by atoms with Gasteiger partial charge in [-0.05, 0) is 30.3 Å². The Labute approximate surface area is 168 Å². The summed E-state index contributed by atoms with van der Waals surface area (Å²) in [7, 11) is 0. The van der Waals surface area contributed by atoms with Gasteiger partial charge in [0.2, 0.25) is 0 Å². The Morgan fingerprint density at radius 1 is 1.19 bits per heavy atom. The lowest BCUT2D eigenvalue weighted by molar-refractivity contribution is 0.0436. The standard InChI is InChI=1S/C20H22Cl2FN3O/c21-17-5-4-15(13-18(17)22)19(27)26-11-7-20(23,8-12-26)14-24-10-6-16-3-1-2-9-25-16/h1-5,9,13,24H,6-8,10-12,14H2. The maximum atomic E-state index is 15.0. The van der Waals surface area contributed by atoms with E-state index in [9.17, 15) is 9.18 Å². The molecule has 0 radical (unpaired) electrons. The molecule has 1 fully saturated rings. The van der Waals surface area contributed by atoms with Gasteiger partial charge in [0.15, 0.2) is 0 Å². The highest BCUT2D eigenvalue weighted by Gasteiger charge is 2.35. The number of amides is 1. The van der Waals surface area contributed by atoms with Gasteiger partial charge in [-0.1, -0.05) is 29.3 Å².